The van der Waals surface area contributed by atoms with E-state index in [4.69, 9.17) is 0 Å². The highest BCUT2D eigenvalue weighted by Crippen LogP contribution is 2.43. The molecule has 1 fully saturated rings. The molecule has 2 atom stereocenters. The van der Waals surface area contributed by atoms with E-state index in [1.54, 1.807) is 11.8 Å². The monoisotopic (exact) mass is 227 g/mol. The average Bonchev–Trinajstić information content (AvgIpc) is 2.53. The molecule has 0 aromatic heterocycles. The summed E-state index contributed by atoms with van der Waals surface area (Å²) in [6.45, 7) is 6.79. The first kappa shape index (κ1) is 13.5. The summed E-state index contributed by atoms with van der Waals surface area (Å²) in [6, 6.07) is 0. The highest BCUT2D eigenvalue weighted by atomic mass is 16.3. The van der Waals surface area contributed by atoms with Gasteiger partial charge in [0.25, 0.3) is 0 Å². The predicted octanol–water partition coefficient (Wildman–Crippen LogP) is 2.04. The molecule has 1 saturated carbocycles. The van der Waals surface area contributed by atoms with Crippen LogP contribution in [0.25, 0.3) is 0 Å². The Kier molecular flexibility index (Phi) is 4.36. The van der Waals surface area contributed by atoms with Crippen molar-refractivity contribution in [2.75, 3.05) is 13.6 Å². The maximum atomic E-state index is 12.2. The van der Waals surface area contributed by atoms with Crippen molar-refractivity contribution in [3.63, 3.8) is 0 Å². The molecule has 0 bridgehead atoms. The first-order chi connectivity index (χ1) is 7.34. The van der Waals surface area contributed by atoms with Crippen LogP contribution in [0, 0.1) is 11.3 Å². The molecule has 0 aromatic rings. The number of hydrogen-bond donors (Lipinski definition) is 1. The number of aliphatic hydroxyl groups excluding tert-OH is 1. The highest BCUT2D eigenvalue weighted by Gasteiger charge is 2.40. The Hall–Kier alpha value is -0.570. The first-order valence-corrected chi connectivity index (χ1v) is 6.27. The van der Waals surface area contributed by atoms with Crippen molar-refractivity contribution >= 4 is 5.91 Å². The van der Waals surface area contributed by atoms with Crippen LogP contribution in [0.3, 0.4) is 0 Å². The molecule has 1 aliphatic rings. The lowest BCUT2D eigenvalue weighted by molar-refractivity contribution is -0.137. The topological polar surface area (TPSA) is 40.5 Å². The van der Waals surface area contributed by atoms with Gasteiger partial charge in [-0.3, -0.25) is 4.79 Å². The summed E-state index contributed by atoms with van der Waals surface area (Å²) in [6.07, 6.45) is 3.66. The fraction of sp³-hybridized carbons (Fsp3) is 0.923. The number of carbonyl (C=O) groups is 1. The van der Waals surface area contributed by atoms with Crippen LogP contribution in [0.2, 0.25) is 0 Å². The third kappa shape index (κ3) is 3.21. The highest BCUT2D eigenvalue weighted by molar-refractivity contribution is 5.79. The van der Waals surface area contributed by atoms with Gasteiger partial charge in [-0.1, -0.05) is 20.3 Å². The van der Waals surface area contributed by atoms with Crippen LogP contribution in [0.1, 0.15) is 46.5 Å². The van der Waals surface area contributed by atoms with E-state index in [1.165, 1.54) is 0 Å². The minimum Gasteiger partial charge on any atom is -0.393 e. The molecule has 1 aliphatic carbocycles. The predicted molar refractivity (Wildman–Crippen MR) is 65.1 cm³/mol. The average molecular weight is 227 g/mol. The summed E-state index contributed by atoms with van der Waals surface area (Å²) < 4.78 is 0. The summed E-state index contributed by atoms with van der Waals surface area (Å²) in [5.41, 5.74) is 0.149. The molecular formula is C13H25NO2. The molecule has 0 radical (unpaired) electrons. The van der Waals surface area contributed by atoms with Gasteiger partial charge < -0.3 is 10.0 Å². The lowest BCUT2D eigenvalue weighted by atomic mass is 9.81. The second-order valence-corrected chi connectivity index (χ2v) is 5.83. The molecule has 1 N–H and O–H groups in total. The lowest BCUT2D eigenvalue weighted by Crippen LogP contribution is -2.38. The van der Waals surface area contributed by atoms with E-state index in [9.17, 15) is 9.90 Å². The minimum atomic E-state index is -0.327. The third-order valence-corrected chi connectivity index (χ3v) is 3.81. The van der Waals surface area contributed by atoms with Crippen LogP contribution in [0.4, 0.5) is 0 Å². The van der Waals surface area contributed by atoms with Crippen molar-refractivity contribution in [3.05, 3.63) is 0 Å². The van der Waals surface area contributed by atoms with Gasteiger partial charge in [0, 0.05) is 19.5 Å². The zero-order valence-electron chi connectivity index (χ0n) is 11.0. The van der Waals surface area contributed by atoms with Crippen LogP contribution in [0.15, 0.2) is 0 Å². The van der Waals surface area contributed by atoms with E-state index in [0.29, 0.717) is 13.0 Å². The molecule has 0 spiro atoms. The molecule has 94 valence electrons. The zero-order chi connectivity index (χ0) is 12.3. The van der Waals surface area contributed by atoms with Gasteiger partial charge in [0.1, 0.15) is 0 Å². The van der Waals surface area contributed by atoms with Crippen LogP contribution in [0.5, 0.6) is 0 Å². The Morgan fingerprint density at radius 2 is 2.19 bits per heavy atom. The fourth-order valence-corrected chi connectivity index (χ4v) is 2.54. The molecule has 0 saturated heterocycles. The number of nitrogens with zero attached hydrogens (tertiary/aromatic N) is 1. The number of carbonyl (C=O) groups excluding carboxylic acids is 1. The number of aliphatic hydroxyl groups is 1. The van der Waals surface area contributed by atoms with Crippen molar-refractivity contribution in [1.82, 2.24) is 4.90 Å². The SMILES string of the molecule is CC(O)CCN(C)C(=O)C1CCCC1(C)C. The van der Waals surface area contributed by atoms with Gasteiger partial charge in [-0.05, 0) is 31.6 Å². The summed E-state index contributed by atoms with van der Waals surface area (Å²) in [5, 5.41) is 9.21. The minimum absolute atomic E-state index is 0.149. The molecule has 0 heterocycles. The molecule has 16 heavy (non-hydrogen) atoms. The van der Waals surface area contributed by atoms with E-state index in [0.717, 1.165) is 19.3 Å². The van der Waals surface area contributed by atoms with Gasteiger partial charge in [0.05, 0.1) is 6.10 Å². The molecule has 3 heteroatoms. The van der Waals surface area contributed by atoms with Crippen LogP contribution >= 0.6 is 0 Å². The molecular weight excluding hydrogens is 202 g/mol. The Morgan fingerprint density at radius 1 is 1.56 bits per heavy atom. The molecule has 0 aliphatic heterocycles. The van der Waals surface area contributed by atoms with Gasteiger partial charge in [-0.2, -0.15) is 0 Å². The van der Waals surface area contributed by atoms with Gasteiger partial charge in [0.2, 0.25) is 5.91 Å². The van der Waals surface area contributed by atoms with Crippen molar-refractivity contribution in [2.24, 2.45) is 11.3 Å². The smallest absolute Gasteiger partial charge is 0.225 e. The molecule has 1 rings (SSSR count). The van der Waals surface area contributed by atoms with Crippen molar-refractivity contribution in [1.29, 1.82) is 0 Å². The van der Waals surface area contributed by atoms with E-state index in [2.05, 4.69) is 13.8 Å². The Labute approximate surface area is 98.8 Å². The lowest BCUT2D eigenvalue weighted by Gasteiger charge is -2.30. The van der Waals surface area contributed by atoms with Crippen LogP contribution in [-0.4, -0.2) is 35.6 Å². The summed E-state index contributed by atoms with van der Waals surface area (Å²) in [7, 11) is 1.85. The number of amides is 1. The summed E-state index contributed by atoms with van der Waals surface area (Å²) in [4.78, 5) is 14.0. The van der Waals surface area contributed by atoms with E-state index in [1.807, 2.05) is 7.05 Å². The van der Waals surface area contributed by atoms with E-state index >= 15 is 0 Å². The molecule has 2 unspecified atom stereocenters. The van der Waals surface area contributed by atoms with Crippen molar-refractivity contribution in [2.45, 2.75) is 52.6 Å². The van der Waals surface area contributed by atoms with Crippen LogP contribution in [-0.2, 0) is 4.79 Å². The van der Waals surface area contributed by atoms with E-state index in [-0.39, 0.29) is 23.3 Å². The molecule has 1 amide bonds. The van der Waals surface area contributed by atoms with E-state index < -0.39 is 0 Å². The summed E-state index contributed by atoms with van der Waals surface area (Å²) in [5.74, 6) is 0.426. The number of hydrogen-bond acceptors (Lipinski definition) is 2. The normalized spacial score (nSPS) is 25.4. The van der Waals surface area contributed by atoms with Gasteiger partial charge in [-0.15, -0.1) is 0 Å². The van der Waals surface area contributed by atoms with Crippen molar-refractivity contribution < 1.29 is 9.90 Å². The molecule has 0 aromatic carbocycles. The quantitative estimate of drug-likeness (QED) is 0.798. The number of rotatable bonds is 4. The Balaban J connectivity index is 2.50. The zero-order valence-corrected chi connectivity index (χ0v) is 11.0. The fourth-order valence-electron chi connectivity index (χ4n) is 2.54. The van der Waals surface area contributed by atoms with Gasteiger partial charge >= 0.3 is 0 Å². The van der Waals surface area contributed by atoms with Gasteiger partial charge in [0.15, 0.2) is 0 Å². The third-order valence-electron chi connectivity index (χ3n) is 3.81. The Morgan fingerprint density at radius 3 is 2.62 bits per heavy atom. The largest absolute Gasteiger partial charge is 0.393 e. The standard InChI is InChI=1S/C13H25NO2/c1-10(15)7-9-14(4)12(16)11-6-5-8-13(11,2)3/h10-11,15H,5-9H2,1-4H3. The maximum Gasteiger partial charge on any atom is 0.225 e. The van der Waals surface area contributed by atoms with Crippen molar-refractivity contribution in [3.8, 4) is 0 Å². The second kappa shape index (κ2) is 5.17. The van der Waals surface area contributed by atoms with Crippen LogP contribution < -0.4 is 0 Å². The maximum absolute atomic E-state index is 12.2. The Bertz CT molecular complexity index is 248. The first-order valence-electron chi connectivity index (χ1n) is 6.27. The summed E-state index contributed by atoms with van der Waals surface area (Å²) >= 11 is 0. The molecule has 3 nitrogen and oxygen atoms in total. The second-order valence-electron chi connectivity index (χ2n) is 5.83. The van der Waals surface area contributed by atoms with Gasteiger partial charge in [-0.25, -0.2) is 0 Å².